The summed E-state index contributed by atoms with van der Waals surface area (Å²) < 4.78 is 0. The van der Waals surface area contributed by atoms with Gasteiger partial charge in [0.05, 0.1) is 17.7 Å². The first-order chi connectivity index (χ1) is 7.60. The van der Waals surface area contributed by atoms with Crippen LogP contribution in [0.5, 0.6) is 0 Å². The molecule has 0 amide bonds. The Morgan fingerprint density at radius 2 is 2.06 bits per heavy atom. The third-order valence-electron chi connectivity index (χ3n) is 2.34. The summed E-state index contributed by atoms with van der Waals surface area (Å²) in [6.07, 6.45) is -1.81. The number of hydrogen-bond acceptors (Lipinski definition) is 5. The lowest BCUT2D eigenvalue weighted by atomic mass is 9.97. The second-order valence-electron chi connectivity index (χ2n) is 3.55. The third-order valence-corrected chi connectivity index (χ3v) is 2.34. The van der Waals surface area contributed by atoms with Crippen LogP contribution in [0, 0.1) is 11.3 Å². The van der Waals surface area contributed by atoms with Gasteiger partial charge in [0.15, 0.2) is 0 Å². The van der Waals surface area contributed by atoms with Gasteiger partial charge in [0, 0.05) is 11.3 Å². The zero-order valence-corrected chi connectivity index (χ0v) is 8.80. The van der Waals surface area contributed by atoms with Gasteiger partial charge in [-0.25, -0.2) is 0 Å². The van der Waals surface area contributed by atoms with Gasteiger partial charge in [0.25, 0.3) is 0 Å². The Balaban J connectivity index is 2.99. The Labute approximate surface area is 93.9 Å². The average molecular weight is 221 g/mol. The lowest BCUT2D eigenvalue weighted by Gasteiger charge is -2.18. The van der Waals surface area contributed by atoms with Crippen molar-refractivity contribution in [2.45, 2.75) is 18.6 Å². The summed E-state index contributed by atoms with van der Waals surface area (Å²) >= 11 is 0. The molecule has 0 saturated carbocycles. The maximum Gasteiger partial charge on any atom is 0.106 e. The Hall–Kier alpha value is -1.61. The number of anilines is 1. The van der Waals surface area contributed by atoms with Gasteiger partial charge < -0.3 is 21.7 Å². The molecule has 0 spiro atoms. The van der Waals surface area contributed by atoms with E-state index in [4.69, 9.17) is 16.7 Å². The first kappa shape index (κ1) is 12.5. The number of nitrogens with two attached hydrogens (primary N) is 2. The van der Waals surface area contributed by atoms with E-state index < -0.39 is 12.2 Å². The molecule has 0 heterocycles. The zero-order valence-electron chi connectivity index (χ0n) is 8.80. The van der Waals surface area contributed by atoms with Gasteiger partial charge in [-0.15, -0.1) is 0 Å². The largest absolute Gasteiger partial charge is 0.399 e. The smallest absolute Gasteiger partial charge is 0.106 e. The van der Waals surface area contributed by atoms with E-state index in [-0.39, 0.29) is 18.5 Å². The minimum Gasteiger partial charge on any atom is -0.399 e. The second-order valence-corrected chi connectivity index (χ2v) is 3.55. The van der Waals surface area contributed by atoms with Gasteiger partial charge in [0.2, 0.25) is 0 Å². The molecule has 0 radical (unpaired) electrons. The van der Waals surface area contributed by atoms with Crippen molar-refractivity contribution >= 4 is 5.69 Å². The molecule has 0 saturated heterocycles. The first-order valence-corrected chi connectivity index (χ1v) is 4.96. The highest BCUT2D eigenvalue weighted by atomic mass is 16.3. The minimum atomic E-state index is -1.11. The third kappa shape index (κ3) is 2.70. The molecule has 1 aromatic carbocycles. The molecule has 5 heteroatoms. The van der Waals surface area contributed by atoms with Crippen molar-refractivity contribution in [2.75, 3.05) is 12.3 Å². The van der Waals surface area contributed by atoms with Crippen molar-refractivity contribution in [3.8, 4) is 6.07 Å². The SMILES string of the molecule is N#Cc1cc(N)ccc1C(O)C(O)CCN. The Bertz CT molecular complexity index is 401. The van der Waals surface area contributed by atoms with E-state index >= 15 is 0 Å². The first-order valence-electron chi connectivity index (χ1n) is 4.96. The highest BCUT2D eigenvalue weighted by Crippen LogP contribution is 2.23. The van der Waals surface area contributed by atoms with Crippen LogP contribution in [-0.2, 0) is 0 Å². The maximum absolute atomic E-state index is 9.83. The molecule has 0 aromatic heterocycles. The average Bonchev–Trinajstić information content (AvgIpc) is 2.28. The molecule has 1 rings (SSSR count). The summed E-state index contributed by atoms with van der Waals surface area (Å²) in [6.45, 7) is 0.273. The predicted molar refractivity (Wildman–Crippen MR) is 60.2 cm³/mol. The van der Waals surface area contributed by atoms with E-state index in [1.165, 1.54) is 12.1 Å². The van der Waals surface area contributed by atoms with Crippen LogP contribution in [0.3, 0.4) is 0 Å². The number of nitriles is 1. The fourth-order valence-corrected chi connectivity index (χ4v) is 1.46. The Kier molecular flexibility index (Phi) is 4.26. The second kappa shape index (κ2) is 5.47. The molecule has 0 aliphatic rings. The van der Waals surface area contributed by atoms with Crippen LogP contribution in [0.4, 0.5) is 5.69 Å². The molecule has 86 valence electrons. The summed E-state index contributed by atoms with van der Waals surface area (Å²) in [5, 5.41) is 28.3. The predicted octanol–water partition coefficient (Wildman–Crippen LogP) is -0.116. The molecule has 6 N–H and O–H groups in total. The summed E-state index contributed by atoms with van der Waals surface area (Å²) in [5.74, 6) is 0. The van der Waals surface area contributed by atoms with Crippen LogP contribution in [-0.4, -0.2) is 22.9 Å². The quantitative estimate of drug-likeness (QED) is 0.529. The van der Waals surface area contributed by atoms with Crippen molar-refractivity contribution < 1.29 is 10.2 Å². The van der Waals surface area contributed by atoms with Crippen molar-refractivity contribution in [3.05, 3.63) is 29.3 Å². The molecule has 0 aliphatic heterocycles. The molecule has 2 atom stereocenters. The molecule has 5 nitrogen and oxygen atoms in total. The summed E-state index contributed by atoms with van der Waals surface area (Å²) in [6, 6.07) is 6.52. The molecule has 2 unspecified atom stereocenters. The number of nitrogens with zero attached hydrogens (tertiary/aromatic N) is 1. The Morgan fingerprint density at radius 1 is 1.38 bits per heavy atom. The zero-order chi connectivity index (χ0) is 12.1. The van der Waals surface area contributed by atoms with E-state index in [2.05, 4.69) is 0 Å². The van der Waals surface area contributed by atoms with Crippen molar-refractivity contribution in [3.63, 3.8) is 0 Å². The van der Waals surface area contributed by atoms with Crippen LogP contribution in [0.25, 0.3) is 0 Å². The minimum absolute atomic E-state index is 0.267. The van der Waals surface area contributed by atoms with E-state index in [9.17, 15) is 10.2 Å². The molecule has 1 aromatic rings. The van der Waals surface area contributed by atoms with E-state index in [1.807, 2.05) is 6.07 Å². The monoisotopic (exact) mass is 221 g/mol. The van der Waals surface area contributed by atoms with Crippen LogP contribution in [0.15, 0.2) is 18.2 Å². The summed E-state index contributed by atoms with van der Waals surface area (Å²) in [4.78, 5) is 0. The molecule has 0 fully saturated rings. The van der Waals surface area contributed by atoms with Gasteiger partial charge in [-0.1, -0.05) is 6.07 Å². The maximum atomic E-state index is 9.83. The van der Waals surface area contributed by atoms with Crippen molar-refractivity contribution in [1.82, 2.24) is 0 Å². The number of aliphatic hydroxyl groups excluding tert-OH is 2. The van der Waals surface area contributed by atoms with Gasteiger partial charge in [-0.2, -0.15) is 5.26 Å². The number of rotatable bonds is 4. The molecular weight excluding hydrogens is 206 g/mol. The van der Waals surface area contributed by atoms with Gasteiger partial charge in [-0.3, -0.25) is 0 Å². The van der Waals surface area contributed by atoms with Gasteiger partial charge in [0.1, 0.15) is 6.10 Å². The molecule has 0 bridgehead atoms. The normalized spacial score (nSPS) is 14.1. The van der Waals surface area contributed by atoms with Crippen LogP contribution in [0.1, 0.15) is 23.7 Å². The highest BCUT2D eigenvalue weighted by Gasteiger charge is 2.20. The summed E-state index contributed by atoms with van der Waals surface area (Å²) in [7, 11) is 0. The van der Waals surface area contributed by atoms with Crippen LogP contribution < -0.4 is 11.5 Å². The standard InChI is InChI=1S/C11H15N3O2/c12-4-3-10(15)11(16)9-2-1-8(14)5-7(9)6-13/h1-2,5,10-11,15-16H,3-4,12,14H2. The van der Waals surface area contributed by atoms with Crippen LogP contribution in [0.2, 0.25) is 0 Å². The number of benzene rings is 1. The molecule has 16 heavy (non-hydrogen) atoms. The molecule has 0 aliphatic carbocycles. The fraction of sp³-hybridized carbons (Fsp3) is 0.364. The van der Waals surface area contributed by atoms with E-state index in [1.54, 1.807) is 6.07 Å². The lowest BCUT2D eigenvalue weighted by molar-refractivity contribution is 0.0149. The van der Waals surface area contributed by atoms with Gasteiger partial charge >= 0.3 is 0 Å². The molecular formula is C11H15N3O2. The van der Waals surface area contributed by atoms with Gasteiger partial charge in [-0.05, 0) is 25.1 Å². The number of aliphatic hydroxyl groups is 2. The van der Waals surface area contributed by atoms with Crippen molar-refractivity contribution in [1.29, 1.82) is 5.26 Å². The summed E-state index contributed by atoms with van der Waals surface area (Å²) in [5.41, 5.74) is 11.9. The highest BCUT2D eigenvalue weighted by molar-refractivity contribution is 5.50. The Morgan fingerprint density at radius 3 is 2.62 bits per heavy atom. The van der Waals surface area contributed by atoms with Crippen molar-refractivity contribution in [2.24, 2.45) is 5.73 Å². The van der Waals surface area contributed by atoms with Crippen LogP contribution >= 0.6 is 0 Å². The fourth-order valence-electron chi connectivity index (χ4n) is 1.46. The number of nitrogen functional groups attached to an aromatic ring is 1. The van der Waals surface area contributed by atoms with E-state index in [0.717, 1.165) is 0 Å². The number of hydrogen-bond donors (Lipinski definition) is 4. The lowest BCUT2D eigenvalue weighted by Crippen LogP contribution is -2.22. The van der Waals surface area contributed by atoms with E-state index in [0.29, 0.717) is 11.3 Å². The topological polar surface area (TPSA) is 116 Å².